The van der Waals surface area contributed by atoms with Crippen molar-refractivity contribution in [1.29, 1.82) is 0 Å². The molecule has 0 radical (unpaired) electrons. The van der Waals surface area contributed by atoms with Gasteiger partial charge in [-0.25, -0.2) is 15.0 Å². The zero-order chi connectivity index (χ0) is 22.3. The van der Waals surface area contributed by atoms with E-state index in [4.69, 9.17) is 15.2 Å². The average Bonchev–Trinajstić information content (AvgIpc) is 2.79. The molecule has 0 saturated carbocycles. The van der Waals surface area contributed by atoms with Crippen LogP contribution >= 0.6 is 0 Å². The summed E-state index contributed by atoms with van der Waals surface area (Å²) in [7, 11) is 0. The van der Waals surface area contributed by atoms with Gasteiger partial charge in [-0.3, -0.25) is 4.79 Å². The number of rotatable bonds is 7. The molecule has 0 bridgehead atoms. The second kappa shape index (κ2) is 9.57. The van der Waals surface area contributed by atoms with Crippen molar-refractivity contribution in [3.05, 3.63) is 84.8 Å². The number of pyridine rings is 1. The number of benzene rings is 2. The Labute approximate surface area is 185 Å². The Kier molecular flexibility index (Phi) is 6.22. The Morgan fingerprint density at radius 2 is 1.84 bits per heavy atom. The van der Waals surface area contributed by atoms with Crippen LogP contribution in [-0.2, 0) is 11.4 Å². The number of hydrogen-bond donors (Lipinski definition) is 2. The molecule has 4 rings (SSSR count). The summed E-state index contributed by atoms with van der Waals surface area (Å²) >= 11 is 0. The highest BCUT2D eigenvalue weighted by atomic mass is 16.5. The van der Waals surface area contributed by atoms with E-state index >= 15 is 0 Å². The maximum atomic E-state index is 11.3. The van der Waals surface area contributed by atoms with Gasteiger partial charge in [0.05, 0.1) is 5.56 Å². The lowest BCUT2D eigenvalue weighted by Gasteiger charge is -2.13. The van der Waals surface area contributed by atoms with Gasteiger partial charge in [-0.2, -0.15) is 0 Å². The molecule has 2 heterocycles. The van der Waals surface area contributed by atoms with E-state index in [0.29, 0.717) is 35.1 Å². The van der Waals surface area contributed by atoms with Gasteiger partial charge in [0.2, 0.25) is 17.7 Å². The highest BCUT2D eigenvalue weighted by Crippen LogP contribution is 2.35. The van der Waals surface area contributed by atoms with E-state index in [-0.39, 0.29) is 17.6 Å². The molecule has 0 saturated heterocycles. The normalized spacial score (nSPS) is 10.4. The molecule has 2 aromatic heterocycles. The summed E-state index contributed by atoms with van der Waals surface area (Å²) in [6, 6.07) is 20.4. The zero-order valence-corrected chi connectivity index (χ0v) is 17.4. The molecule has 32 heavy (non-hydrogen) atoms. The summed E-state index contributed by atoms with van der Waals surface area (Å²) in [5.74, 6) is 1.34. The Morgan fingerprint density at radius 1 is 1.00 bits per heavy atom. The van der Waals surface area contributed by atoms with Crippen molar-refractivity contribution < 1.29 is 14.3 Å². The van der Waals surface area contributed by atoms with E-state index < -0.39 is 0 Å². The van der Waals surface area contributed by atoms with Crippen LogP contribution in [0.5, 0.6) is 17.5 Å². The third-order valence-corrected chi connectivity index (χ3v) is 4.47. The lowest BCUT2D eigenvalue weighted by Crippen LogP contribution is -2.05. The second-order valence-corrected chi connectivity index (χ2v) is 6.91. The standard InChI is InChI=1S/C24H21N5O3/c1-16(30)29-19-8-5-9-20(12-19)32-24-22(23(25)27-15-28-24)18-10-11-21(26-13-18)31-14-17-6-3-2-4-7-17/h2-13,15H,14H2,1H3,(H,29,30)(H2,25,27,28). The lowest BCUT2D eigenvalue weighted by atomic mass is 10.1. The molecule has 4 aromatic rings. The van der Waals surface area contributed by atoms with Crippen molar-refractivity contribution in [3.63, 3.8) is 0 Å². The number of nitrogen functional groups attached to an aromatic ring is 1. The van der Waals surface area contributed by atoms with Crippen LogP contribution in [0.15, 0.2) is 79.3 Å². The quantitative estimate of drug-likeness (QED) is 0.448. The van der Waals surface area contributed by atoms with Gasteiger partial charge in [0.25, 0.3) is 0 Å². The van der Waals surface area contributed by atoms with Crippen molar-refractivity contribution in [1.82, 2.24) is 15.0 Å². The average molecular weight is 427 g/mol. The molecular weight excluding hydrogens is 406 g/mol. The number of anilines is 2. The van der Waals surface area contributed by atoms with Crippen molar-refractivity contribution >= 4 is 17.4 Å². The lowest BCUT2D eigenvalue weighted by molar-refractivity contribution is -0.114. The topological polar surface area (TPSA) is 112 Å². The van der Waals surface area contributed by atoms with Crippen LogP contribution in [0.2, 0.25) is 0 Å². The number of carbonyl (C=O) groups is 1. The third-order valence-electron chi connectivity index (χ3n) is 4.47. The fraction of sp³-hybridized carbons (Fsp3) is 0.0833. The monoisotopic (exact) mass is 427 g/mol. The Morgan fingerprint density at radius 3 is 2.59 bits per heavy atom. The summed E-state index contributed by atoms with van der Waals surface area (Å²) < 4.78 is 11.7. The number of hydrogen-bond acceptors (Lipinski definition) is 7. The van der Waals surface area contributed by atoms with Gasteiger partial charge in [-0.05, 0) is 23.8 Å². The van der Waals surface area contributed by atoms with E-state index in [2.05, 4.69) is 20.3 Å². The van der Waals surface area contributed by atoms with Gasteiger partial charge in [0.15, 0.2) is 0 Å². The predicted octanol–water partition coefficient (Wildman–Crippen LogP) is 4.45. The summed E-state index contributed by atoms with van der Waals surface area (Å²) in [4.78, 5) is 24.0. The maximum Gasteiger partial charge on any atom is 0.232 e. The summed E-state index contributed by atoms with van der Waals surface area (Å²) in [5.41, 5.74) is 8.99. The first-order chi connectivity index (χ1) is 15.6. The van der Waals surface area contributed by atoms with Gasteiger partial charge in [-0.15, -0.1) is 0 Å². The SMILES string of the molecule is CC(=O)Nc1cccc(Oc2ncnc(N)c2-c2ccc(OCc3ccccc3)nc2)c1. The van der Waals surface area contributed by atoms with Gasteiger partial charge < -0.3 is 20.5 Å². The molecule has 1 amide bonds. The van der Waals surface area contributed by atoms with Gasteiger partial charge in [0, 0.05) is 36.5 Å². The predicted molar refractivity (Wildman–Crippen MR) is 121 cm³/mol. The van der Waals surface area contributed by atoms with E-state index in [0.717, 1.165) is 5.56 Å². The van der Waals surface area contributed by atoms with Crippen LogP contribution in [0.25, 0.3) is 11.1 Å². The second-order valence-electron chi connectivity index (χ2n) is 6.91. The molecule has 0 fully saturated rings. The van der Waals surface area contributed by atoms with Crippen LogP contribution in [-0.4, -0.2) is 20.9 Å². The molecule has 0 unspecified atom stereocenters. The number of nitrogens with zero attached hydrogens (tertiary/aromatic N) is 3. The number of ether oxygens (including phenoxy) is 2. The molecule has 2 aromatic carbocycles. The molecule has 8 heteroatoms. The highest BCUT2D eigenvalue weighted by Gasteiger charge is 2.15. The Balaban J connectivity index is 1.54. The van der Waals surface area contributed by atoms with Crippen LogP contribution in [0.3, 0.4) is 0 Å². The molecular formula is C24H21N5O3. The first-order valence-electron chi connectivity index (χ1n) is 9.87. The van der Waals surface area contributed by atoms with Crippen molar-refractivity contribution in [2.24, 2.45) is 0 Å². The summed E-state index contributed by atoms with van der Waals surface area (Å²) in [5, 5.41) is 2.72. The maximum absolute atomic E-state index is 11.3. The summed E-state index contributed by atoms with van der Waals surface area (Å²) in [6.07, 6.45) is 2.96. The first kappa shape index (κ1) is 20.8. The molecule has 0 aliphatic carbocycles. The van der Waals surface area contributed by atoms with Crippen LogP contribution in [0.1, 0.15) is 12.5 Å². The van der Waals surface area contributed by atoms with Crippen LogP contribution < -0.4 is 20.5 Å². The molecule has 160 valence electrons. The van der Waals surface area contributed by atoms with Crippen molar-refractivity contribution in [2.75, 3.05) is 11.1 Å². The molecule has 0 aliphatic heterocycles. The minimum absolute atomic E-state index is 0.172. The third kappa shape index (κ3) is 5.17. The molecule has 3 N–H and O–H groups in total. The summed E-state index contributed by atoms with van der Waals surface area (Å²) in [6.45, 7) is 1.86. The van der Waals surface area contributed by atoms with Gasteiger partial charge in [0.1, 0.15) is 24.5 Å². The van der Waals surface area contributed by atoms with E-state index in [1.54, 1.807) is 36.5 Å². The fourth-order valence-electron chi connectivity index (χ4n) is 3.03. The van der Waals surface area contributed by atoms with Gasteiger partial charge >= 0.3 is 0 Å². The minimum atomic E-state index is -0.172. The largest absolute Gasteiger partial charge is 0.473 e. The van der Waals surface area contributed by atoms with Crippen LogP contribution in [0, 0.1) is 0 Å². The van der Waals surface area contributed by atoms with E-state index in [1.807, 2.05) is 36.4 Å². The number of nitrogens with two attached hydrogens (primary N) is 1. The molecule has 8 nitrogen and oxygen atoms in total. The van der Waals surface area contributed by atoms with Crippen molar-refractivity contribution in [2.45, 2.75) is 13.5 Å². The van der Waals surface area contributed by atoms with Crippen LogP contribution in [0.4, 0.5) is 11.5 Å². The molecule has 0 aliphatic rings. The number of nitrogens with one attached hydrogen (secondary N) is 1. The van der Waals surface area contributed by atoms with Gasteiger partial charge in [-0.1, -0.05) is 36.4 Å². The zero-order valence-electron chi connectivity index (χ0n) is 17.4. The number of amides is 1. The molecule has 0 atom stereocenters. The van der Waals surface area contributed by atoms with Crippen molar-refractivity contribution in [3.8, 4) is 28.6 Å². The highest BCUT2D eigenvalue weighted by molar-refractivity contribution is 5.88. The number of aromatic nitrogens is 3. The first-order valence-corrected chi connectivity index (χ1v) is 9.87. The Hall–Kier alpha value is -4.46. The number of carbonyl (C=O) groups excluding carboxylic acids is 1. The van der Waals surface area contributed by atoms with E-state index in [1.165, 1.54) is 13.3 Å². The fourth-order valence-corrected chi connectivity index (χ4v) is 3.03. The minimum Gasteiger partial charge on any atom is -0.473 e. The molecule has 0 spiro atoms. The van der Waals surface area contributed by atoms with E-state index in [9.17, 15) is 4.79 Å². The Bertz CT molecular complexity index is 1210. The smallest absolute Gasteiger partial charge is 0.232 e.